The lowest BCUT2D eigenvalue weighted by atomic mass is 9.83. The minimum absolute atomic E-state index is 0.0582. The summed E-state index contributed by atoms with van der Waals surface area (Å²) in [6.07, 6.45) is 3.18. The monoisotopic (exact) mass is 242 g/mol. The van der Waals surface area contributed by atoms with E-state index in [1.54, 1.807) is 0 Å². The summed E-state index contributed by atoms with van der Waals surface area (Å²) in [6.45, 7) is 7.15. The summed E-state index contributed by atoms with van der Waals surface area (Å²) < 4.78 is 10.7. The first-order chi connectivity index (χ1) is 7.36. The summed E-state index contributed by atoms with van der Waals surface area (Å²) in [7, 11) is 0.398. The molecule has 0 radical (unpaired) electrons. The van der Waals surface area contributed by atoms with Crippen molar-refractivity contribution in [2.45, 2.75) is 56.7 Å². The second-order valence-corrected chi connectivity index (χ2v) is 11.9. The van der Waals surface area contributed by atoms with Crippen molar-refractivity contribution in [2.24, 2.45) is 5.92 Å². The van der Waals surface area contributed by atoms with Gasteiger partial charge in [0.15, 0.2) is 0 Å². The van der Waals surface area contributed by atoms with Gasteiger partial charge in [-0.2, -0.15) is 0 Å². The number of ether oxygens (including phenoxy) is 2. The molecule has 0 aromatic carbocycles. The third kappa shape index (κ3) is 2.32. The fourth-order valence-corrected chi connectivity index (χ4v) is 5.33. The number of fused-ring (bicyclic) bond motifs is 1. The maximum Gasteiger partial charge on any atom is 0.308 e. The predicted molar refractivity (Wildman–Crippen MR) is 65.1 cm³/mol. The molecule has 1 saturated heterocycles. The molecule has 0 aromatic heterocycles. The highest BCUT2D eigenvalue weighted by Gasteiger charge is 2.60. The van der Waals surface area contributed by atoms with Crippen LogP contribution in [0.5, 0.6) is 0 Å². The van der Waals surface area contributed by atoms with Gasteiger partial charge in [-0.15, -0.1) is 0 Å². The molecule has 0 bridgehead atoms. The molecule has 0 N–H and O–H groups in total. The molecular weight excluding hydrogens is 220 g/mol. The molecule has 92 valence electrons. The van der Waals surface area contributed by atoms with Crippen molar-refractivity contribution in [2.75, 3.05) is 7.11 Å². The Morgan fingerprint density at radius 1 is 1.50 bits per heavy atom. The Hall–Kier alpha value is -0.353. The van der Waals surface area contributed by atoms with E-state index in [-0.39, 0.29) is 17.5 Å². The third-order valence-electron chi connectivity index (χ3n) is 3.69. The summed E-state index contributed by atoms with van der Waals surface area (Å²) in [5, 5.41) is 0. The van der Waals surface area contributed by atoms with E-state index in [1.807, 2.05) is 0 Å². The maximum atomic E-state index is 11.5. The van der Waals surface area contributed by atoms with Crippen molar-refractivity contribution in [1.29, 1.82) is 0 Å². The molecule has 4 heteroatoms. The van der Waals surface area contributed by atoms with Crippen LogP contribution in [0, 0.1) is 5.92 Å². The van der Waals surface area contributed by atoms with Gasteiger partial charge in [0.2, 0.25) is 0 Å². The van der Waals surface area contributed by atoms with Crippen molar-refractivity contribution >= 4 is 14.0 Å². The molecule has 2 aliphatic rings. The fourth-order valence-electron chi connectivity index (χ4n) is 3.05. The van der Waals surface area contributed by atoms with E-state index in [0.717, 1.165) is 19.3 Å². The first kappa shape index (κ1) is 12.1. The van der Waals surface area contributed by atoms with E-state index in [9.17, 15) is 4.79 Å². The van der Waals surface area contributed by atoms with Gasteiger partial charge >= 0.3 is 5.97 Å². The largest absolute Gasteiger partial charge is 0.469 e. The zero-order chi connectivity index (χ0) is 12.0. The zero-order valence-corrected chi connectivity index (χ0v) is 11.7. The number of hydrogen-bond donors (Lipinski definition) is 0. The summed E-state index contributed by atoms with van der Waals surface area (Å²) in [5.74, 6) is 0.0179. The molecule has 0 amide bonds. The van der Waals surface area contributed by atoms with E-state index >= 15 is 0 Å². The normalized spacial score (nSPS) is 37.8. The van der Waals surface area contributed by atoms with E-state index in [1.165, 1.54) is 13.2 Å². The molecule has 3 atom stereocenters. The van der Waals surface area contributed by atoms with Crippen molar-refractivity contribution in [3.8, 4) is 0 Å². The van der Waals surface area contributed by atoms with Crippen LogP contribution in [0.15, 0.2) is 0 Å². The standard InChI is InChI=1S/C12H22O3Si/c1-14-11(13)9-5-6-12(8-16(2,3)4)10(7-9)15-12/h9-10H,5-8H2,1-4H3. The average Bonchev–Trinajstić information content (AvgIpc) is 2.86. The van der Waals surface area contributed by atoms with Gasteiger partial charge < -0.3 is 9.47 Å². The molecule has 2 fully saturated rings. The summed E-state index contributed by atoms with van der Waals surface area (Å²) in [6, 6.07) is 1.23. The van der Waals surface area contributed by atoms with Crippen LogP contribution in [0.25, 0.3) is 0 Å². The Morgan fingerprint density at radius 2 is 2.19 bits per heavy atom. The number of rotatable bonds is 3. The van der Waals surface area contributed by atoms with Gasteiger partial charge in [-0.25, -0.2) is 0 Å². The van der Waals surface area contributed by atoms with E-state index in [4.69, 9.17) is 9.47 Å². The van der Waals surface area contributed by atoms with Crippen molar-refractivity contribution in [3.05, 3.63) is 0 Å². The number of epoxide rings is 1. The quantitative estimate of drug-likeness (QED) is 0.433. The Kier molecular flexibility index (Phi) is 2.91. The van der Waals surface area contributed by atoms with Gasteiger partial charge in [0.25, 0.3) is 0 Å². The van der Waals surface area contributed by atoms with Crippen LogP contribution >= 0.6 is 0 Å². The highest BCUT2D eigenvalue weighted by Crippen LogP contribution is 2.54. The molecule has 1 saturated carbocycles. The van der Waals surface area contributed by atoms with Crippen LogP contribution in [0.3, 0.4) is 0 Å². The molecule has 1 aliphatic heterocycles. The molecule has 0 aromatic rings. The SMILES string of the molecule is COC(=O)C1CCC2(C[Si](C)(C)C)OC2C1. The highest BCUT2D eigenvalue weighted by molar-refractivity contribution is 6.76. The van der Waals surface area contributed by atoms with E-state index in [0.29, 0.717) is 6.10 Å². The van der Waals surface area contributed by atoms with Gasteiger partial charge in [-0.05, 0) is 25.3 Å². The molecule has 2 rings (SSSR count). The summed E-state index contributed by atoms with van der Waals surface area (Å²) >= 11 is 0. The van der Waals surface area contributed by atoms with Gasteiger partial charge in [0.1, 0.15) is 0 Å². The zero-order valence-electron chi connectivity index (χ0n) is 10.7. The lowest BCUT2D eigenvalue weighted by Crippen LogP contribution is -2.35. The Morgan fingerprint density at radius 3 is 2.69 bits per heavy atom. The molecule has 16 heavy (non-hydrogen) atoms. The maximum absolute atomic E-state index is 11.5. The third-order valence-corrected chi connectivity index (χ3v) is 5.34. The number of carbonyl (C=O) groups is 1. The summed E-state index contributed by atoms with van der Waals surface area (Å²) in [4.78, 5) is 11.5. The Labute approximate surface area is 98.5 Å². The molecule has 1 aliphatic carbocycles. The van der Waals surface area contributed by atoms with Crippen LogP contribution in [0.2, 0.25) is 25.7 Å². The number of methoxy groups -OCH3 is 1. The Balaban J connectivity index is 1.92. The molecule has 1 heterocycles. The number of carbonyl (C=O) groups excluding carboxylic acids is 1. The number of hydrogen-bond acceptors (Lipinski definition) is 3. The minimum Gasteiger partial charge on any atom is -0.469 e. The molecule has 0 spiro atoms. The van der Waals surface area contributed by atoms with Crippen LogP contribution in [0.4, 0.5) is 0 Å². The highest BCUT2D eigenvalue weighted by atomic mass is 28.3. The summed E-state index contributed by atoms with van der Waals surface area (Å²) in [5.41, 5.74) is 0.148. The van der Waals surface area contributed by atoms with Gasteiger partial charge in [0, 0.05) is 8.07 Å². The predicted octanol–water partition coefficient (Wildman–Crippen LogP) is 2.44. The first-order valence-corrected chi connectivity index (χ1v) is 9.83. The van der Waals surface area contributed by atoms with Gasteiger partial charge in [0.05, 0.1) is 24.7 Å². The van der Waals surface area contributed by atoms with Crippen molar-refractivity contribution < 1.29 is 14.3 Å². The Bertz CT molecular complexity index is 297. The van der Waals surface area contributed by atoms with Gasteiger partial charge in [-0.3, -0.25) is 4.79 Å². The van der Waals surface area contributed by atoms with Gasteiger partial charge in [-0.1, -0.05) is 19.6 Å². The molecular formula is C12H22O3Si. The molecule has 3 nitrogen and oxygen atoms in total. The van der Waals surface area contributed by atoms with E-state index in [2.05, 4.69) is 19.6 Å². The van der Waals surface area contributed by atoms with Crippen LogP contribution in [-0.2, 0) is 14.3 Å². The fraction of sp³-hybridized carbons (Fsp3) is 0.917. The number of esters is 1. The lowest BCUT2D eigenvalue weighted by Gasteiger charge is -2.27. The second-order valence-electron chi connectivity index (χ2n) is 6.40. The first-order valence-electron chi connectivity index (χ1n) is 6.12. The average molecular weight is 242 g/mol. The van der Waals surface area contributed by atoms with Crippen LogP contribution in [0.1, 0.15) is 19.3 Å². The lowest BCUT2D eigenvalue weighted by molar-refractivity contribution is -0.146. The second kappa shape index (κ2) is 3.84. The smallest absolute Gasteiger partial charge is 0.308 e. The van der Waals surface area contributed by atoms with Crippen molar-refractivity contribution in [1.82, 2.24) is 0 Å². The van der Waals surface area contributed by atoms with Crippen LogP contribution < -0.4 is 0 Å². The van der Waals surface area contributed by atoms with Crippen molar-refractivity contribution in [3.63, 3.8) is 0 Å². The topological polar surface area (TPSA) is 38.8 Å². The van der Waals surface area contributed by atoms with Crippen LogP contribution in [-0.4, -0.2) is 32.9 Å². The minimum atomic E-state index is -1.07. The van der Waals surface area contributed by atoms with E-state index < -0.39 is 8.07 Å². The molecule has 3 unspecified atom stereocenters.